The van der Waals surface area contributed by atoms with Crippen LogP contribution in [0.1, 0.15) is 51.4 Å². The maximum atomic E-state index is 13.4. The molecule has 2 heterocycles. The molecule has 176 valence electrons. The lowest BCUT2D eigenvalue weighted by molar-refractivity contribution is -0.143. The molecule has 0 aromatic heterocycles. The summed E-state index contributed by atoms with van der Waals surface area (Å²) in [5.74, 6) is 0.473. The van der Waals surface area contributed by atoms with E-state index in [0.29, 0.717) is 30.6 Å². The number of benzene rings is 1. The van der Waals surface area contributed by atoms with Crippen molar-refractivity contribution in [2.45, 2.75) is 62.3 Å². The number of anilines is 1. The van der Waals surface area contributed by atoms with E-state index in [2.05, 4.69) is 15.0 Å². The minimum Gasteiger partial charge on any atom is -0.453 e. The fourth-order valence-corrected chi connectivity index (χ4v) is 7.05. The van der Waals surface area contributed by atoms with E-state index in [0.717, 1.165) is 25.8 Å². The Morgan fingerprint density at radius 1 is 0.969 bits per heavy atom. The molecule has 2 amide bonds. The molecule has 3 aliphatic rings. The summed E-state index contributed by atoms with van der Waals surface area (Å²) in [5.41, 5.74) is 0.453. The van der Waals surface area contributed by atoms with Crippen molar-refractivity contribution in [1.82, 2.24) is 9.21 Å². The number of likely N-dealkylation sites (tertiary alicyclic amines) is 1. The molecule has 0 unspecified atom stereocenters. The van der Waals surface area contributed by atoms with Crippen LogP contribution in [-0.4, -0.2) is 62.4 Å². The van der Waals surface area contributed by atoms with Crippen LogP contribution in [0.2, 0.25) is 0 Å². The van der Waals surface area contributed by atoms with Crippen LogP contribution in [0.25, 0.3) is 0 Å². The third kappa shape index (κ3) is 4.78. The molecule has 2 aliphatic heterocycles. The van der Waals surface area contributed by atoms with E-state index in [-0.39, 0.29) is 23.3 Å². The third-order valence-corrected chi connectivity index (χ3v) is 9.06. The van der Waals surface area contributed by atoms with Gasteiger partial charge in [-0.05, 0) is 68.7 Å². The Bertz CT molecular complexity index is 931. The van der Waals surface area contributed by atoms with Gasteiger partial charge < -0.3 is 9.64 Å². The fraction of sp³-hybridized carbons (Fsp3) is 0.652. The molecule has 32 heavy (non-hydrogen) atoms. The monoisotopic (exact) mass is 463 g/mol. The molecule has 1 aromatic carbocycles. The zero-order chi connectivity index (χ0) is 22.7. The second-order valence-electron chi connectivity index (χ2n) is 9.13. The second kappa shape index (κ2) is 9.79. The summed E-state index contributed by atoms with van der Waals surface area (Å²) in [4.78, 5) is 27.0. The molecular weight excluding hydrogens is 430 g/mol. The van der Waals surface area contributed by atoms with Crippen molar-refractivity contribution in [2.24, 2.45) is 11.8 Å². The third-order valence-electron chi connectivity index (χ3n) is 7.18. The molecule has 1 saturated carbocycles. The first kappa shape index (κ1) is 23.0. The van der Waals surface area contributed by atoms with Gasteiger partial charge in [0.25, 0.3) is 0 Å². The van der Waals surface area contributed by atoms with Crippen molar-refractivity contribution in [3.8, 4) is 0 Å². The van der Waals surface area contributed by atoms with Gasteiger partial charge >= 0.3 is 6.09 Å². The minimum atomic E-state index is -3.71. The first-order valence-electron chi connectivity index (χ1n) is 11.7. The van der Waals surface area contributed by atoms with E-state index >= 15 is 0 Å². The van der Waals surface area contributed by atoms with E-state index in [1.807, 2.05) is 0 Å². The lowest BCUT2D eigenvalue weighted by Gasteiger charge is -2.46. The zero-order valence-corrected chi connectivity index (χ0v) is 19.5. The number of rotatable bonds is 4. The van der Waals surface area contributed by atoms with Gasteiger partial charge in [-0.1, -0.05) is 12.8 Å². The van der Waals surface area contributed by atoms with Crippen LogP contribution in [0.15, 0.2) is 29.2 Å². The Balaban J connectivity index is 1.44. The number of nitrogens with one attached hydrogen (secondary N) is 1. The predicted octanol–water partition coefficient (Wildman–Crippen LogP) is 3.45. The van der Waals surface area contributed by atoms with Gasteiger partial charge in [0.15, 0.2) is 0 Å². The summed E-state index contributed by atoms with van der Waals surface area (Å²) in [7, 11) is -2.45. The Morgan fingerprint density at radius 3 is 2.41 bits per heavy atom. The highest BCUT2D eigenvalue weighted by Gasteiger charge is 2.40. The molecule has 0 bridgehead atoms. The van der Waals surface area contributed by atoms with E-state index in [1.165, 1.54) is 61.4 Å². The van der Waals surface area contributed by atoms with Gasteiger partial charge in [0.1, 0.15) is 0 Å². The summed E-state index contributed by atoms with van der Waals surface area (Å²) in [5, 5.41) is 2.51. The maximum Gasteiger partial charge on any atom is 0.411 e. The van der Waals surface area contributed by atoms with Crippen molar-refractivity contribution in [3.63, 3.8) is 0 Å². The Kier molecular flexibility index (Phi) is 7.05. The first-order valence-corrected chi connectivity index (χ1v) is 13.1. The number of sulfonamides is 1. The normalized spacial score (nSPS) is 26.8. The molecule has 1 aromatic rings. The fourth-order valence-electron chi connectivity index (χ4n) is 5.52. The summed E-state index contributed by atoms with van der Waals surface area (Å²) in [6, 6.07) is 6.36. The molecule has 8 nitrogen and oxygen atoms in total. The van der Waals surface area contributed by atoms with Crippen LogP contribution in [-0.2, 0) is 19.6 Å². The molecule has 3 atom stereocenters. The van der Waals surface area contributed by atoms with Gasteiger partial charge in [-0.15, -0.1) is 0 Å². The van der Waals surface area contributed by atoms with Crippen LogP contribution in [0.4, 0.5) is 10.5 Å². The van der Waals surface area contributed by atoms with Gasteiger partial charge in [0.05, 0.1) is 17.9 Å². The zero-order valence-electron chi connectivity index (χ0n) is 18.7. The molecule has 4 rings (SSSR count). The van der Waals surface area contributed by atoms with Crippen molar-refractivity contribution in [2.75, 3.05) is 32.1 Å². The van der Waals surface area contributed by atoms with Gasteiger partial charge in [-0.2, -0.15) is 4.31 Å². The highest BCUT2D eigenvalue weighted by molar-refractivity contribution is 7.89. The molecule has 2 saturated heterocycles. The number of fused-ring (bicyclic) bond motifs is 1. The van der Waals surface area contributed by atoms with Crippen molar-refractivity contribution >= 4 is 27.7 Å². The Hall–Kier alpha value is -2.13. The Labute approximate surface area is 190 Å². The highest BCUT2D eigenvalue weighted by atomic mass is 32.2. The topological polar surface area (TPSA) is 96.0 Å². The van der Waals surface area contributed by atoms with Crippen molar-refractivity contribution in [3.05, 3.63) is 24.3 Å². The summed E-state index contributed by atoms with van der Waals surface area (Å²) in [6.07, 6.45) is 7.78. The Morgan fingerprint density at radius 2 is 1.66 bits per heavy atom. The van der Waals surface area contributed by atoms with Gasteiger partial charge in [-0.25, -0.2) is 13.2 Å². The molecule has 3 fully saturated rings. The van der Waals surface area contributed by atoms with Crippen molar-refractivity contribution in [1.29, 1.82) is 0 Å². The molecule has 9 heteroatoms. The number of methoxy groups -OCH3 is 1. The van der Waals surface area contributed by atoms with Crippen LogP contribution in [0.3, 0.4) is 0 Å². The highest BCUT2D eigenvalue weighted by Crippen LogP contribution is 2.37. The van der Waals surface area contributed by atoms with Crippen LogP contribution < -0.4 is 5.32 Å². The summed E-state index contributed by atoms with van der Waals surface area (Å²) < 4.78 is 32.5. The molecular formula is C23H33N3O5S. The molecule has 0 radical (unpaired) electrons. The van der Waals surface area contributed by atoms with Crippen LogP contribution in [0, 0.1) is 11.8 Å². The number of carbonyl (C=O) groups excluding carboxylic acids is 2. The first-order chi connectivity index (χ1) is 15.4. The second-order valence-corrected chi connectivity index (χ2v) is 11.1. The lowest BCUT2D eigenvalue weighted by Crippen LogP contribution is -2.54. The van der Waals surface area contributed by atoms with Crippen LogP contribution >= 0.6 is 0 Å². The largest absolute Gasteiger partial charge is 0.453 e. The van der Waals surface area contributed by atoms with E-state index in [9.17, 15) is 18.0 Å². The molecule has 1 aliphatic carbocycles. The SMILES string of the molecule is COC(=O)Nc1ccc(S(=O)(=O)N2CCC[C@H](C(=O)N3CCC[C@@H]4CCCC[C@@H]43)C2)cc1. The van der Waals surface area contributed by atoms with E-state index in [1.54, 1.807) is 0 Å². The molecule has 0 spiro atoms. The number of hydrogen-bond donors (Lipinski definition) is 1. The van der Waals surface area contributed by atoms with E-state index < -0.39 is 16.1 Å². The van der Waals surface area contributed by atoms with Gasteiger partial charge in [0.2, 0.25) is 15.9 Å². The maximum absolute atomic E-state index is 13.4. The smallest absolute Gasteiger partial charge is 0.411 e. The number of nitrogens with zero attached hydrogens (tertiary/aromatic N) is 2. The van der Waals surface area contributed by atoms with E-state index in [4.69, 9.17) is 0 Å². The van der Waals surface area contributed by atoms with Crippen LogP contribution in [0.5, 0.6) is 0 Å². The predicted molar refractivity (Wildman–Crippen MR) is 121 cm³/mol. The number of carbonyl (C=O) groups is 2. The average Bonchev–Trinajstić information content (AvgIpc) is 2.83. The number of piperidine rings is 2. The van der Waals surface area contributed by atoms with Crippen molar-refractivity contribution < 1.29 is 22.7 Å². The lowest BCUT2D eigenvalue weighted by atomic mass is 9.77. The van der Waals surface area contributed by atoms with Gasteiger partial charge in [-0.3, -0.25) is 10.1 Å². The quantitative estimate of drug-likeness (QED) is 0.738. The summed E-state index contributed by atoms with van der Waals surface area (Å²) in [6.45, 7) is 1.45. The van der Waals surface area contributed by atoms with Gasteiger partial charge in [0, 0.05) is 31.4 Å². The molecule has 1 N–H and O–H groups in total. The average molecular weight is 464 g/mol. The minimum absolute atomic E-state index is 0.138. The number of amides is 2. The standard InChI is InChI=1S/C23H33N3O5S/c1-31-23(28)24-19-10-12-20(13-11-19)32(29,30)25-14-4-8-18(16-25)22(27)26-15-5-7-17-6-2-3-9-21(17)26/h10-13,17-18,21H,2-9,14-16H2,1H3,(H,24,28)/t17-,18-,21-/m0/s1. The number of ether oxygens (including phenoxy) is 1. The summed E-state index contributed by atoms with van der Waals surface area (Å²) >= 11 is 0. The number of hydrogen-bond acceptors (Lipinski definition) is 5.